The van der Waals surface area contributed by atoms with Crippen LogP contribution in [0.4, 0.5) is 4.79 Å². The highest BCUT2D eigenvalue weighted by molar-refractivity contribution is 7.80. The Labute approximate surface area is 193 Å². The predicted octanol–water partition coefficient (Wildman–Crippen LogP) is 1.57. The summed E-state index contributed by atoms with van der Waals surface area (Å²) < 4.78 is 9.72. The summed E-state index contributed by atoms with van der Waals surface area (Å²) in [4.78, 5) is 50.7. The Bertz CT molecular complexity index is 890. The van der Waals surface area contributed by atoms with Crippen molar-refractivity contribution in [3.05, 3.63) is 35.4 Å². The fraction of sp³-hybridized carbons (Fsp3) is 0.455. The number of carbonyl (C=O) groups excluding carboxylic acids is 4. The van der Waals surface area contributed by atoms with Gasteiger partial charge in [-0.25, -0.2) is 4.79 Å². The van der Waals surface area contributed by atoms with Crippen molar-refractivity contribution in [2.75, 3.05) is 19.4 Å². The molecule has 0 saturated carbocycles. The van der Waals surface area contributed by atoms with Gasteiger partial charge in [0.25, 0.3) is 5.91 Å². The molecule has 0 aromatic heterocycles. The van der Waals surface area contributed by atoms with Crippen LogP contribution in [0.25, 0.3) is 0 Å². The zero-order valence-electron chi connectivity index (χ0n) is 18.8. The molecule has 0 radical (unpaired) electrons. The number of amides is 3. The Morgan fingerprint density at radius 3 is 2.34 bits per heavy atom. The van der Waals surface area contributed by atoms with E-state index in [1.165, 1.54) is 7.11 Å². The van der Waals surface area contributed by atoms with Crippen LogP contribution in [0.15, 0.2) is 24.3 Å². The van der Waals surface area contributed by atoms with Gasteiger partial charge in [0.15, 0.2) is 0 Å². The van der Waals surface area contributed by atoms with E-state index in [2.05, 4.69) is 34.0 Å². The van der Waals surface area contributed by atoms with Gasteiger partial charge in [-0.05, 0) is 38.8 Å². The lowest BCUT2D eigenvalue weighted by molar-refractivity contribution is -0.142. The van der Waals surface area contributed by atoms with Crippen molar-refractivity contribution in [3.63, 3.8) is 0 Å². The number of nitrogens with zero attached hydrogens (tertiary/aromatic N) is 1. The SMILES string of the molecule is C#CN(C(=O)C(CS)NC(=O)OC(C)(C)C)C(C(=O)NCC(=O)OC)c1ccccc1C. The van der Waals surface area contributed by atoms with Crippen LogP contribution in [-0.4, -0.2) is 59.8 Å². The van der Waals surface area contributed by atoms with Gasteiger partial charge in [0.2, 0.25) is 5.91 Å². The van der Waals surface area contributed by atoms with Gasteiger partial charge in [-0.2, -0.15) is 12.6 Å². The van der Waals surface area contributed by atoms with E-state index in [4.69, 9.17) is 11.2 Å². The van der Waals surface area contributed by atoms with Gasteiger partial charge < -0.3 is 20.1 Å². The predicted molar refractivity (Wildman–Crippen MR) is 122 cm³/mol. The van der Waals surface area contributed by atoms with Crippen molar-refractivity contribution < 1.29 is 28.7 Å². The second kappa shape index (κ2) is 12.0. The Hall–Kier alpha value is -3.19. The van der Waals surface area contributed by atoms with E-state index in [1.54, 1.807) is 52.0 Å². The summed E-state index contributed by atoms with van der Waals surface area (Å²) in [6.45, 7) is 6.38. The molecule has 0 spiro atoms. The van der Waals surface area contributed by atoms with Crippen LogP contribution in [0.2, 0.25) is 0 Å². The highest BCUT2D eigenvalue weighted by Crippen LogP contribution is 2.25. The minimum atomic E-state index is -1.26. The number of terminal acetylenes is 1. The number of esters is 1. The summed E-state index contributed by atoms with van der Waals surface area (Å²) in [5.74, 6) is -2.19. The molecule has 0 saturated heterocycles. The zero-order valence-corrected chi connectivity index (χ0v) is 19.7. The molecule has 2 atom stereocenters. The van der Waals surface area contributed by atoms with E-state index in [0.29, 0.717) is 11.1 Å². The van der Waals surface area contributed by atoms with Crippen LogP contribution >= 0.6 is 12.6 Å². The number of methoxy groups -OCH3 is 1. The number of ether oxygens (including phenoxy) is 2. The van der Waals surface area contributed by atoms with Crippen LogP contribution in [-0.2, 0) is 23.9 Å². The fourth-order valence-electron chi connectivity index (χ4n) is 2.69. The maximum atomic E-state index is 13.2. The number of alkyl carbamates (subject to hydrolysis) is 1. The van der Waals surface area contributed by atoms with Gasteiger partial charge in [0, 0.05) is 11.8 Å². The van der Waals surface area contributed by atoms with E-state index in [-0.39, 0.29) is 5.75 Å². The third-order valence-electron chi connectivity index (χ3n) is 4.17. The largest absolute Gasteiger partial charge is 0.468 e. The van der Waals surface area contributed by atoms with Crippen molar-refractivity contribution in [3.8, 4) is 12.5 Å². The number of rotatable bonds is 8. The monoisotopic (exact) mass is 463 g/mol. The van der Waals surface area contributed by atoms with Crippen molar-refractivity contribution in [1.29, 1.82) is 0 Å². The Morgan fingerprint density at radius 2 is 1.84 bits per heavy atom. The molecule has 32 heavy (non-hydrogen) atoms. The van der Waals surface area contributed by atoms with Crippen LogP contribution in [0.1, 0.15) is 37.9 Å². The smallest absolute Gasteiger partial charge is 0.408 e. The standard InChI is InChI=1S/C22H29N3O6S/c1-7-25(20(28)16(13-32)24-21(29)31-22(3,4)5)18(15-11-9-8-10-14(15)2)19(27)23-12-17(26)30-6/h1,8-11,16,18,32H,12-13H2,2-6H3,(H,23,27)(H,24,29). The molecular formula is C22H29N3O6S. The first-order chi connectivity index (χ1) is 14.9. The summed E-state index contributed by atoms with van der Waals surface area (Å²) in [6.07, 6.45) is 4.79. The number of thiol groups is 1. The number of hydrogen-bond donors (Lipinski definition) is 3. The van der Waals surface area contributed by atoms with Gasteiger partial charge in [-0.3, -0.25) is 19.3 Å². The lowest BCUT2D eigenvalue weighted by Gasteiger charge is -2.30. The molecule has 1 aromatic carbocycles. The van der Waals surface area contributed by atoms with Gasteiger partial charge in [0.05, 0.1) is 7.11 Å². The lowest BCUT2D eigenvalue weighted by atomic mass is 9.98. The lowest BCUT2D eigenvalue weighted by Crippen LogP contribution is -2.52. The molecule has 1 rings (SSSR count). The minimum Gasteiger partial charge on any atom is -0.468 e. The van der Waals surface area contributed by atoms with E-state index >= 15 is 0 Å². The van der Waals surface area contributed by atoms with E-state index in [0.717, 1.165) is 4.90 Å². The summed E-state index contributed by atoms with van der Waals surface area (Å²) in [5.41, 5.74) is 0.370. The van der Waals surface area contributed by atoms with Crippen molar-refractivity contribution in [2.45, 2.75) is 45.4 Å². The Morgan fingerprint density at radius 1 is 1.22 bits per heavy atom. The van der Waals surface area contributed by atoms with Crippen molar-refractivity contribution in [2.24, 2.45) is 0 Å². The molecule has 2 unspecified atom stereocenters. The summed E-state index contributed by atoms with van der Waals surface area (Å²) in [6, 6.07) is 6.66. The molecule has 10 heteroatoms. The molecule has 0 aliphatic heterocycles. The molecule has 0 bridgehead atoms. The van der Waals surface area contributed by atoms with E-state index in [9.17, 15) is 19.2 Å². The summed E-state index contributed by atoms with van der Waals surface area (Å²) in [5, 5.41) is 4.85. The highest BCUT2D eigenvalue weighted by atomic mass is 32.1. The van der Waals surface area contributed by atoms with E-state index < -0.39 is 48.1 Å². The average Bonchev–Trinajstić information content (AvgIpc) is 2.72. The van der Waals surface area contributed by atoms with Gasteiger partial charge in [-0.1, -0.05) is 30.7 Å². The minimum absolute atomic E-state index is 0.0967. The molecule has 9 nitrogen and oxygen atoms in total. The molecule has 2 N–H and O–H groups in total. The first-order valence-corrected chi connectivity index (χ1v) is 10.4. The molecule has 0 fully saturated rings. The van der Waals surface area contributed by atoms with Crippen molar-refractivity contribution in [1.82, 2.24) is 15.5 Å². The second-order valence-electron chi connectivity index (χ2n) is 7.77. The molecular weight excluding hydrogens is 434 g/mol. The topological polar surface area (TPSA) is 114 Å². The van der Waals surface area contributed by atoms with Crippen molar-refractivity contribution >= 4 is 36.5 Å². The number of carbonyl (C=O) groups is 4. The zero-order chi connectivity index (χ0) is 24.5. The third-order valence-corrected chi connectivity index (χ3v) is 4.54. The average molecular weight is 464 g/mol. The second-order valence-corrected chi connectivity index (χ2v) is 8.14. The number of hydrogen-bond acceptors (Lipinski definition) is 7. The molecule has 1 aromatic rings. The molecule has 3 amide bonds. The maximum absolute atomic E-state index is 13.2. The number of aryl methyl sites for hydroxylation is 1. The van der Waals surface area contributed by atoms with Gasteiger partial charge in [-0.15, -0.1) is 0 Å². The third kappa shape index (κ3) is 7.81. The Kier molecular flexibility index (Phi) is 10.1. The van der Waals surface area contributed by atoms with Crippen LogP contribution < -0.4 is 10.6 Å². The molecule has 174 valence electrons. The number of nitrogens with one attached hydrogen (secondary N) is 2. The van der Waals surface area contributed by atoms with Gasteiger partial charge in [0.1, 0.15) is 24.2 Å². The first kappa shape index (κ1) is 26.8. The molecule has 0 heterocycles. The fourth-order valence-corrected chi connectivity index (χ4v) is 2.94. The number of benzene rings is 1. The highest BCUT2D eigenvalue weighted by Gasteiger charge is 2.36. The summed E-state index contributed by atoms with van der Waals surface area (Å²) >= 11 is 4.13. The molecule has 0 aliphatic rings. The maximum Gasteiger partial charge on any atom is 0.408 e. The Balaban J connectivity index is 3.26. The first-order valence-electron chi connectivity index (χ1n) is 9.74. The molecule has 0 aliphatic carbocycles. The van der Waals surface area contributed by atoms with Gasteiger partial charge >= 0.3 is 12.1 Å². The quantitative estimate of drug-likeness (QED) is 0.233. The van der Waals surface area contributed by atoms with Crippen LogP contribution in [0, 0.1) is 19.4 Å². The van der Waals surface area contributed by atoms with Crippen LogP contribution in [0.3, 0.4) is 0 Å². The normalized spacial score (nSPS) is 12.5. The van der Waals surface area contributed by atoms with E-state index in [1.807, 2.05) is 0 Å². The summed E-state index contributed by atoms with van der Waals surface area (Å²) in [7, 11) is 1.18. The van der Waals surface area contributed by atoms with Crippen LogP contribution in [0.5, 0.6) is 0 Å².